The van der Waals surface area contributed by atoms with Crippen molar-refractivity contribution in [2.45, 2.75) is 32.7 Å². The zero-order chi connectivity index (χ0) is 15.4. The van der Waals surface area contributed by atoms with Crippen molar-refractivity contribution in [1.82, 2.24) is 0 Å². The molecule has 0 heterocycles. The van der Waals surface area contributed by atoms with Crippen LogP contribution in [-0.4, -0.2) is 59.3 Å². The van der Waals surface area contributed by atoms with E-state index >= 15 is 0 Å². The standard InChI is InChI=1S/C4H10O3.C4H6O2.C3H8O2/c1-3(5)4(2,6)7;1-3(2)4(5)6;1-4-3-5-2/h3,5-7H,1-2H3;1H2,2H3,(H,5,6);3H2,1-2H3. The largest absolute Gasteiger partial charge is 0.478 e. The lowest BCUT2D eigenvalue weighted by atomic mass is 10.2. The highest BCUT2D eigenvalue weighted by molar-refractivity contribution is 5.84. The van der Waals surface area contributed by atoms with Gasteiger partial charge < -0.3 is 29.9 Å². The fourth-order valence-corrected chi connectivity index (χ4v) is 0.118. The molecule has 1 atom stereocenters. The lowest BCUT2D eigenvalue weighted by Crippen LogP contribution is -2.36. The van der Waals surface area contributed by atoms with Crippen LogP contribution in [0.1, 0.15) is 20.8 Å². The van der Waals surface area contributed by atoms with Gasteiger partial charge in [0.1, 0.15) is 12.9 Å². The van der Waals surface area contributed by atoms with Crippen LogP contribution < -0.4 is 0 Å². The summed E-state index contributed by atoms with van der Waals surface area (Å²) in [5.41, 5.74) is 0.176. The van der Waals surface area contributed by atoms with Gasteiger partial charge in [0, 0.05) is 19.8 Å². The summed E-state index contributed by atoms with van der Waals surface area (Å²) < 4.78 is 8.94. The third-order valence-electron chi connectivity index (χ3n) is 1.39. The van der Waals surface area contributed by atoms with Crippen LogP contribution in [0.2, 0.25) is 0 Å². The highest BCUT2D eigenvalue weighted by Gasteiger charge is 2.21. The van der Waals surface area contributed by atoms with Gasteiger partial charge in [-0.25, -0.2) is 4.79 Å². The lowest BCUT2D eigenvalue weighted by Gasteiger charge is -2.17. The summed E-state index contributed by atoms with van der Waals surface area (Å²) in [7, 11) is 3.17. The maximum atomic E-state index is 9.60. The molecule has 1 unspecified atom stereocenters. The van der Waals surface area contributed by atoms with E-state index < -0.39 is 17.9 Å². The van der Waals surface area contributed by atoms with Crippen molar-refractivity contribution in [1.29, 1.82) is 0 Å². The van der Waals surface area contributed by atoms with Crippen LogP contribution in [0.5, 0.6) is 0 Å². The molecule has 110 valence electrons. The van der Waals surface area contributed by atoms with Crippen molar-refractivity contribution >= 4 is 5.97 Å². The molecular formula is C11H24O7. The Kier molecular flexibility index (Phi) is 15.4. The summed E-state index contributed by atoms with van der Waals surface area (Å²) in [6.45, 7) is 7.42. The van der Waals surface area contributed by atoms with Gasteiger partial charge in [0.25, 0.3) is 0 Å². The number of carbonyl (C=O) groups is 1. The second kappa shape index (κ2) is 12.5. The highest BCUT2D eigenvalue weighted by Crippen LogP contribution is 2.01. The molecule has 0 bridgehead atoms. The average Bonchev–Trinajstić information content (AvgIpc) is 2.19. The highest BCUT2D eigenvalue weighted by atomic mass is 16.6. The minimum Gasteiger partial charge on any atom is -0.478 e. The maximum absolute atomic E-state index is 9.60. The number of rotatable bonds is 4. The van der Waals surface area contributed by atoms with Gasteiger partial charge >= 0.3 is 5.97 Å². The third kappa shape index (κ3) is 24.3. The third-order valence-corrected chi connectivity index (χ3v) is 1.39. The second-order valence-corrected chi connectivity index (χ2v) is 3.55. The normalized spacial score (nSPS) is 11.3. The van der Waals surface area contributed by atoms with Gasteiger partial charge in [-0.1, -0.05) is 6.58 Å². The summed E-state index contributed by atoms with van der Waals surface area (Å²) in [5.74, 6) is -2.88. The number of ether oxygens (including phenoxy) is 2. The molecule has 0 rings (SSSR count). The molecule has 0 aliphatic rings. The van der Waals surface area contributed by atoms with Gasteiger partial charge in [0.05, 0.1) is 0 Å². The first kappa shape index (κ1) is 22.2. The van der Waals surface area contributed by atoms with Crippen LogP contribution in [0.3, 0.4) is 0 Å². The molecule has 4 N–H and O–H groups in total. The SMILES string of the molecule is C=C(C)C(=O)O.CC(O)C(C)(O)O.COCOC. The predicted octanol–water partition coefficient (Wildman–Crippen LogP) is -0.0482. The maximum Gasteiger partial charge on any atom is 0.330 e. The van der Waals surface area contributed by atoms with Crippen molar-refractivity contribution < 1.29 is 34.7 Å². The molecule has 0 fully saturated rings. The predicted molar refractivity (Wildman–Crippen MR) is 65.9 cm³/mol. The molecule has 7 heteroatoms. The zero-order valence-electron chi connectivity index (χ0n) is 11.5. The summed E-state index contributed by atoms with van der Waals surface area (Å²) in [4.78, 5) is 9.60. The summed E-state index contributed by atoms with van der Waals surface area (Å²) >= 11 is 0. The topological polar surface area (TPSA) is 116 Å². The Morgan fingerprint density at radius 3 is 1.56 bits per heavy atom. The van der Waals surface area contributed by atoms with E-state index in [2.05, 4.69) is 16.1 Å². The van der Waals surface area contributed by atoms with Crippen molar-refractivity contribution in [3.63, 3.8) is 0 Å². The van der Waals surface area contributed by atoms with Crippen LogP contribution in [0, 0.1) is 0 Å². The van der Waals surface area contributed by atoms with E-state index in [1.54, 1.807) is 14.2 Å². The van der Waals surface area contributed by atoms with Crippen LogP contribution >= 0.6 is 0 Å². The Morgan fingerprint density at radius 2 is 1.56 bits per heavy atom. The Hall–Kier alpha value is -0.990. The molecular weight excluding hydrogens is 244 g/mol. The van der Waals surface area contributed by atoms with Crippen molar-refractivity contribution in [3.8, 4) is 0 Å². The Balaban J connectivity index is -0.000000190. The van der Waals surface area contributed by atoms with E-state index in [4.69, 9.17) is 20.4 Å². The Morgan fingerprint density at radius 1 is 1.33 bits per heavy atom. The first-order valence-corrected chi connectivity index (χ1v) is 5.00. The first-order chi connectivity index (χ1) is 8.00. The Labute approximate surface area is 107 Å². The first-order valence-electron chi connectivity index (χ1n) is 5.00. The van der Waals surface area contributed by atoms with Gasteiger partial charge in [-0.3, -0.25) is 0 Å². The van der Waals surface area contributed by atoms with Gasteiger partial charge in [-0.2, -0.15) is 0 Å². The van der Waals surface area contributed by atoms with E-state index in [0.717, 1.165) is 6.92 Å². The lowest BCUT2D eigenvalue weighted by molar-refractivity contribution is -0.205. The summed E-state index contributed by atoms with van der Waals surface area (Å²) in [6.07, 6.45) is -1.09. The van der Waals surface area contributed by atoms with Gasteiger partial charge in [0.15, 0.2) is 5.79 Å². The molecule has 18 heavy (non-hydrogen) atoms. The average molecular weight is 268 g/mol. The molecule has 0 aliphatic heterocycles. The monoisotopic (exact) mass is 268 g/mol. The molecule has 0 saturated heterocycles. The van der Waals surface area contributed by atoms with Crippen LogP contribution in [0.25, 0.3) is 0 Å². The smallest absolute Gasteiger partial charge is 0.330 e. The molecule has 0 aromatic heterocycles. The number of carboxylic acids is 1. The molecule has 0 aromatic carbocycles. The van der Waals surface area contributed by atoms with Crippen molar-refractivity contribution in [2.24, 2.45) is 0 Å². The summed E-state index contributed by atoms with van der Waals surface area (Å²) in [5, 5.41) is 33.1. The number of methoxy groups -OCH3 is 2. The Bertz CT molecular complexity index is 204. The molecule has 0 spiro atoms. The van der Waals surface area contributed by atoms with Crippen molar-refractivity contribution in [2.75, 3.05) is 21.0 Å². The van der Waals surface area contributed by atoms with E-state index in [-0.39, 0.29) is 5.57 Å². The number of aliphatic hydroxyl groups is 3. The van der Waals surface area contributed by atoms with E-state index in [0.29, 0.717) is 6.79 Å². The molecule has 0 radical (unpaired) electrons. The number of aliphatic hydroxyl groups excluding tert-OH is 1. The van der Waals surface area contributed by atoms with Crippen molar-refractivity contribution in [3.05, 3.63) is 12.2 Å². The quantitative estimate of drug-likeness (QED) is 0.417. The van der Waals surface area contributed by atoms with Crippen LogP contribution in [-0.2, 0) is 14.3 Å². The van der Waals surface area contributed by atoms with Gasteiger partial charge in [-0.05, 0) is 20.8 Å². The summed E-state index contributed by atoms with van der Waals surface area (Å²) in [6, 6.07) is 0. The van der Waals surface area contributed by atoms with E-state index in [1.807, 2.05) is 0 Å². The van der Waals surface area contributed by atoms with Crippen LogP contribution in [0.15, 0.2) is 12.2 Å². The fraction of sp³-hybridized carbons (Fsp3) is 0.727. The van der Waals surface area contributed by atoms with Gasteiger partial charge in [-0.15, -0.1) is 0 Å². The zero-order valence-corrected chi connectivity index (χ0v) is 11.5. The van der Waals surface area contributed by atoms with Crippen LogP contribution in [0.4, 0.5) is 0 Å². The number of hydrogen-bond acceptors (Lipinski definition) is 6. The minimum absolute atomic E-state index is 0.176. The minimum atomic E-state index is -1.94. The molecule has 7 nitrogen and oxygen atoms in total. The number of hydrogen-bond donors (Lipinski definition) is 4. The number of aliphatic carboxylic acids is 1. The molecule has 0 saturated carbocycles. The number of carboxylic acid groups (broad SMARTS) is 1. The fourth-order valence-electron chi connectivity index (χ4n) is 0.118. The van der Waals surface area contributed by atoms with Gasteiger partial charge in [0.2, 0.25) is 0 Å². The molecule has 0 aromatic rings. The molecule has 0 aliphatic carbocycles. The van der Waals surface area contributed by atoms with E-state index in [1.165, 1.54) is 13.8 Å². The van der Waals surface area contributed by atoms with E-state index in [9.17, 15) is 4.79 Å². The second-order valence-electron chi connectivity index (χ2n) is 3.55. The molecule has 0 amide bonds.